The van der Waals surface area contributed by atoms with E-state index in [4.69, 9.17) is 0 Å². The SMILES string of the molecule is C=N/C=C\C=C(/C)C(=O)C1=CC=CC(C)(C)C=C1. The Kier molecular flexibility index (Phi) is 4.78. The normalized spacial score (nSPS) is 18.6. The molecule has 0 amide bonds. The summed E-state index contributed by atoms with van der Waals surface area (Å²) in [4.78, 5) is 15.7. The van der Waals surface area contributed by atoms with Crippen LogP contribution < -0.4 is 0 Å². The molecule has 1 rings (SSSR count). The molecule has 1 aliphatic carbocycles. The predicted molar refractivity (Wildman–Crippen MR) is 77.6 cm³/mol. The topological polar surface area (TPSA) is 29.4 Å². The van der Waals surface area contributed by atoms with Crippen LogP contribution in [0.1, 0.15) is 20.8 Å². The maximum absolute atomic E-state index is 12.2. The maximum Gasteiger partial charge on any atom is 0.188 e. The smallest absolute Gasteiger partial charge is 0.188 e. The molecule has 0 aliphatic heterocycles. The molecule has 0 bridgehead atoms. The Bertz CT molecular complexity index is 485. The second kappa shape index (κ2) is 6.10. The van der Waals surface area contributed by atoms with Crippen LogP contribution >= 0.6 is 0 Å². The van der Waals surface area contributed by atoms with Gasteiger partial charge in [0.05, 0.1) is 0 Å². The van der Waals surface area contributed by atoms with E-state index in [2.05, 4.69) is 31.6 Å². The van der Waals surface area contributed by atoms with E-state index in [1.54, 1.807) is 25.3 Å². The van der Waals surface area contributed by atoms with Gasteiger partial charge in [-0.25, -0.2) is 0 Å². The molecule has 0 aromatic rings. The van der Waals surface area contributed by atoms with Gasteiger partial charge in [0.15, 0.2) is 5.78 Å². The van der Waals surface area contributed by atoms with Gasteiger partial charge >= 0.3 is 0 Å². The van der Waals surface area contributed by atoms with Gasteiger partial charge in [-0.1, -0.05) is 50.3 Å². The fraction of sp³-hybridized carbons (Fsp3) is 0.250. The third-order valence-corrected chi connectivity index (χ3v) is 2.65. The van der Waals surface area contributed by atoms with Crippen molar-refractivity contribution in [1.29, 1.82) is 0 Å². The Morgan fingerprint density at radius 3 is 2.78 bits per heavy atom. The number of nitrogens with zero attached hydrogens (tertiary/aromatic N) is 1. The van der Waals surface area contributed by atoms with Gasteiger partial charge in [0.2, 0.25) is 0 Å². The van der Waals surface area contributed by atoms with Gasteiger partial charge in [-0.15, -0.1) is 0 Å². The number of hydrogen-bond donors (Lipinski definition) is 0. The predicted octanol–water partition coefficient (Wildman–Crippen LogP) is 3.79. The first kappa shape index (κ1) is 14.1. The largest absolute Gasteiger partial charge is 0.289 e. The first-order chi connectivity index (χ1) is 8.46. The van der Waals surface area contributed by atoms with Gasteiger partial charge < -0.3 is 0 Å². The van der Waals surface area contributed by atoms with Crippen LogP contribution in [0.15, 0.2) is 64.9 Å². The van der Waals surface area contributed by atoms with Crippen molar-refractivity contribution < 1.29 is 4.79 Å². The van der Waals surface area contributed by atoms with E-state index in [9.17, 15) is 4.79 Å². The van der Waals surface area contributed by atoms with Crippen molar-refractivity contribution in [1.82, 2.24) is 0 Å². The van der Waals surface area contributed by atoms with Crippen LogP contribution in [0.2, 0.25) is 0 Å². The van der Waals surface area contributed by atoms with Gasteiger partial charge in [-0.05, 0) is 25.3 Å². The first-order valence-corrected chi connectivity index (χ1v) is 5.89. The van der Waals surface area contributed by atoms with Crippen molar-refractivity contribution in [3.05, 3.63) is 59.9 Å². The number of carbonyl (C=O) groups excluding carboxylic acids is 1. The van der Waals surface area contributed by atoms with Crippen LogP contribution in [-0.4, -0.2) is 12.5 Å². The molecule has 0 heterocycles. The molecule has 18 heavy (non-hydrogen) atoms. The molecule has 0 saturated carbocycles. The number of aliphatic imine (C=N–C) groups is 1. The average molecular weight is 241 g/mol. The first-order valence-electron chi connectivity index (χ1n) is 5.89. The van der Waals surface area contributed by atoms with Crippen LogP contribution in [0.5, 0.6) is 0 Å². The van der Waals surface area contributed by atoms with Crippen molar-refractivity contribution in [3.8, 4) is 0 Å². The molecule has 0 aromatic carbocycles. The van der Waals surface area contributed by atoms with Crippen molar-refractivity contribution >= 4 is 12.5 Å². The molecule has 1 aliphatic rings. The van der Waals surface area contributed by atoms with Crippen molar-refractivity contribution in [3.63, 3.8) is 0 Å². The van der Waals surface area contributed by atoms with Gasteiger partial charge in [-0.2, -0.15) is 0 Å². The number of rotatable bonds is 4. The minimum atomic E-state index is -0.0111. The van der Waals surface area contributed by atoms with Gasteiger partial charge in [-0.3, -0.25) is 9.79 Å². The molecule has 0 unspecified atom stereocenters. The van der Waals surface area contributed by atoms with Crippen molar-refractivity contribution in [2.75, 3.05) is 0 Å². The van der Waals surface area contributed by atoms with Crippen molar-refractivity contribution in [2.24, 2.45) is 10.4 Å². The van der Waals surface area contributed by atoms with Crippen molar-refractivity contribution in [2.45, 2.75) is 20.8 Å². The van der Waals surface area contributed by atoms with Gasteiger partial charge in [0.25, 0.3) is 0 Å². The zero-order valence-corrected chi connectivity index (χ0v) is 11.2. The third kappa shape index (κ3) is 4.13. The Morgan fingerprint density at radius 2 is 2.11 bits per heavy atom. The highest BCUT2D eigenvalue weighted by atomic mass is 16.1. The fourth-order valence-corrected chi connectivity index (χ4v) is 1.52. The monoisotopic (exact) mass is 241 g/mol. The van der Waals surface area contributed by atoms with Crippen LogP contribution in [0, 0.1) is 5.41 Å². The second-order valence-electron chi connectivity index (χ2n) is 4.84. The van der Waals surface area contributed by atoms with E-state index in [0.29, 0.717) is 11.1 Å². The lowest BCUT2D eigenvalue weighted by Gasteiger charge is -2.12. The molecular weight excluding hydrogens is 222 g/mol. The highest BCUT2D eigenvalue weighted by molar-refractivity contribution is 6.10. The zero-order valence-electron chi connectivity index (χ0n) is 11.2. The van der Waals surface area contributed by atoms with Crippen LogP contribution in [0.4, 0.5) is 0 Å². The lowest BCUT2D eigenvalue weighted by molar-refractivity contribution is -0.111. The summed E-state index contributed by atoms with van der Waals surface area (Å²) in [5.41, 5.74) is 1.37. The number of Topliss-reactive ketones (excluding diaryl/α,β-unsaturated/α-hetero) is 1. The van der Waals surface area contributed by atoms with Gasteiger partial charge in [0, 0.05) is 17.2 Å². The molecule has 0 spiro atoms. The van der Waals surface area contributed by atoms with Crippen LogP contribution in [0.25, 0.3) is 0 Å². The third-order valence-electron chi connectivity index (χ3n) is 2.65. The lowest BCUT2D eigenvalue weighted by atomic mass is 9.93. The number of ketones is 1. The molecule has 2 nitrogen and oxygen atoms in total. The molecule has 0 N–H and O–H groups in total. The molecule has 0 atom stereocenters. The van der Waals surface area contributed by atoms with Crippen LogP contribution in [-0.2, 0) is 4.79 Å². The number of carbonyl (C=O) groups is 1. The molecular formula is C16H19NO. The molecule has 0 radical (unpaired) electrons. The lowest BCUT2D eigenvalue weighted by Crippen LogP contribution is -2.03. The molecule has 2 heteroatoms. The summed E-state index contributed by atoms with van der Waals surface area (Å²) in [6, 6.07) is 0. The Balaban J connectivity index is 2.89. The van der Waals surface area contributed by atoms with Crippen LogP contribution in [0.3, 0.4) is 0 Å². The summed E-state index contributed by atoms with van der Waals surface area (Å²) >= 11 is 0. The Hall–Kier alpha value is -1.96. The average Bonchev–Trinajstić information content (AvgIpc) is 2.49. The standard InChI is InChI=1S/C16H19NO/c1-13(7-6-12-17-4)15(18)14-8-5-10-16(2,3)11-9-14/h5-12H,4H2,1-3H3/b12-6-,13-7+. The van der Waals surface area contributed by atoms with Gasteiger partial charge in [0.1, 0.15) is 0 Å². The van der Waals surface area contributed by atoms with E-state index in [0.717, 1.165) is 0 Å². The summed E-state index contributed by atoms with van der Waals surface area (Å²) in [5, 5.41) is 0. The molecule has 94 valence electrons. The van der Waals surface area contributed by atoms with E-state index in [1.165, 1.54) is 0 Å². The van der Waals surface area contributed by atoms with E-state index >= 15 is 0 Å². The highest BCUT2D eigenvalue weighted by Gasteiger charge is 2.14. The summed E-state index contributed by atoms with van der Waals surface area (Å²) in [6.45, 7) is 9.33. The minimum Gasteiger partial charge on any atom is -0.289 e. The Morgan fingerprint density at radius 1 is 1.39 bits per heavy atom. The highest BCUT2D eigenvalue weighted by Crippen LogP contribution is 2.23. The number of allylic oxidation sites excluding steroid dienone is 9. The Labute approximate surface area is 109 Å². The quantitative estimate of drug-likeness (QED) is 0.418. The summed E-state index contributed by atoms with van der Waals surface area (Å²) in [5.74, 6) is 0.0299. The molecule has 0 aromatic heterocycles. The minimum absolute atomic E-state index is 0.0111. The summed E-state index contributed by atoms with van der Waals surface area (Å²) < 4.78 is 0. The van der Waals surface area contributed by atoms with E-state index < -0.39 is 0 Å². The molecule has 0 fully saturated rings. The summed E-state index contributed by atoms with van der Waals surface area (Å²) in [7, 11) is 0. The maximum atomic E-state index is 12.2. The fourth-order valence-electron chi connectivity index (χ4n) is 1.52. The number of hydrogen-bond acceptors (Lipinski definition) is 2. The zero-order chi connectivity index (χ0) is 13.6. The summed E-state index contributed by atoms with van der Waals surface area (Å²) in [6.07, 6.45) is 14.8. The second-order valence-corrected chi connectivity index (χ2v) is 4.84. The molecule has 0 saturated heterocycles. The van der Waals surface area contributed by atoms with E-state index in [-0.39, 0.29) is 11.2 Å². The van der Waals surface area contributed by atoms with E-state index in [1.807, 2.05) is 24.3 Å².